The summed E-state index contributed by atoms with van der Waals surface area (Å²) in [4.78, 5) is 2.21. The topological polar surface area (TPSA) is 52.2 Å². The Hall–Kier alpha value is -2.51. The van der Waals surface area contributed by atoms with Crippen molar-refractivity contribution in [3.63, 3.8) is 0 Å². The van der Waals surface area contributed by atoms with Crippen LogP contribution in [0.5, 0.6) is 17.2 Å². The van der Waals surface area contributed by atoms with E-state index < -0.39 is 0 Å². The van der Waals surface area contributed by atoms with Crippen LogP contribution in [0.4, 0.5) is 0 Å². The highest BCUT2D eigenvalue weighted by atomic mass is 32.1. The predicted molar refractivity (Wildman–Crippen MR) is 135 cm³/mol. The molecule has 1 heterocycles. The molecule has 0 saturated carbocycles. The molecule has 1 saturated heterocycles. The molecule has 1 aliphatic heterocycles. The van der Waals surface area contributed by atoms with E-state index in [1.807, 2.05) is 32.0 Å². The average molecular weight is 473 g/mol. The summed E-state index contributed by atoms with van der Waals surface area (Å²) >= 11 is 5.79. The predicted octanol–water partition coefficient (Wildman–Crippen LogP) is 4.59. The first-order chi connectivity index (χ1) is 16.1. The third-order valence-electron chi connectivity index (χ3n) is 5.57. The highest BCUT2D eigenvalue weighted by molar-refractivity contribution is 7.80. The Morgan fingerprint density at radius 3 is 2.45 bits per heavy atom. The van der Waals surface area contributed by atoms with E-state index >= 15 is 0 Å². The van der Waals surface area contributed by atoms with Crippen LogP contribution in [0, 0.1) is 0 Å². The van der Waals surface area contributed by atoms with Crippen molar-refractivity contribution in [1.82, 2.24) is 10.2 Å². The number of nitrogens with one attached hydrogen (secondary N) is 1. The Morgan fingerprint density at radius 1 is 1.06 bits per heavy atom. The molecule has 1 N–H and O–H groups in total. The summed E-state index contributed by atoms with van der Waals surface area (Å²) in [6, 6.07) is 14.3. The van der Waals surface area contributed by atoms with E-state index in [4.69, 9.17) is 31.2 Å². The Labute approximate surface area is 203 Å². The third-order valence-corrected chi connectivity index (χ3v) is 5.97. The molecule has 1 aliphatic rings. The maximum absolute atomic E-state index is 5.87. The molecule has 0 radical (unpaired) electrons. The van der Waals surface area contributed by atoms with Crippen molar-refractivity contribution in [3.05, 3.63) is 53.6 Å². The number of rotatable bonds is 12. The zero-order valence-electron chi connectivity index (χ0n) is 20.0. The van der Waals surface area contributed by atoms with Crippen molar-refractivity contribution in [3.8, 4) is 17.2 Å². The van der Waals surface area contributed by atoms with Gasteiger partial charge in [-0.25, -0.2) is 0 Å². The van der Waals surface area contributed by atoms with Crippen molar-refractivity contribution in [1.29, 1.82) is 0 Å². The minimum atomic E-state index is 0.225. The van der Waals surface area contributed by atoms with E-state index in [2.05, 4.69) is 34.5 Å². The highest BCUT2D eigenvalue weighted by Crippen LogP contribution is 2.28. The monoisotopic (exact) mass is 472 g/mol. The molecule has 1 atom stereocenters. The molecule has 33 heavy (non-hydrogen) atoms. The Bertz CT molecular complexity index is 869. The minimum Gasteiger partial charge on any atom is -0.497 e. The minimum absolute atomic E-state index is 0.225. The summed E-state index contributed by atoms with van der Waals surface area (Å²) in [5.74, 6) is 2.43. The number of hydrogen-bond donors (Lipinski definition) is 1. The number of thiocarbonyl (C=S) groups is 1. The molecule has 1 fully saturated rings. The van der Waals surface area contributed by atoms with Crippen LogP contribution >= 0.6 is 12.2 Å². The van der Waals surface area contributed by atoms with Crippen LogP contribution in [0.25, 0.3) is 0 Å². The summed E-state index contributed by atoms with van der Waals surface area (Å²) in [5.41, 5.74) is 2.36. The van der Waals surface area contributed by atoms with Gasteiger partial charge in [0.05, 0.1) is 26.4 Å². The number of nitrogens with zero attached hydrogens (tertiary/aromatic N) is 1. The largest absolute Gasteiger partial charge is 0.497 e. The summed E-state index contributed by atoms with van der Waals surface area (Å²) in [5, 5.41) is 4.19. The Morgan fingerprint density at radius 2 is 1.79 bits per heavy atom. The molecule has 0 aromatic heterocycles. The lowest BCUT2D eigenvalue weighted by Crippen LogP contribution is -2.43. The van der Waals surface area contributed by atoms with Gasteiger partial charge in [-0.1, -0.05) is 18.2 Å². The van der Waals surface area contributed by atoms with Gasteiger partial charge in [0.1, 0.15) is 5.75 Å². The van der Waals surface area contributed by atoms with E-state index in [1.165, 1.54) is 11.1 Å². The highest BCUT2D eigenvalue weighted by Gasteiger charge is 2.21. The van der Waals surface area contributed by atoms with Crippen molar-refractivity contribution in [2.75, 3.05) is 40.0 Å². The van der Waals surface area contributed by atoms with E-state index in [0.29, 0.717) is 13.2 Å². The zero-order valence-corrected chi connectivity index (χ0v) is 20.8. The van der Waals surface area contributed by atoms with Crippen LogP contribution in [-0.2, 0) is 17.7 Å². The number of methoxy groups -OCH3 is 1. The molecule has 2 aromatic carbocycles. The van der Waals surface area contributed by atoms with Gasteiger partial charge in [0.2, 0.25) is 0 Å². The summed E-state index contributed by atoms with van der Waals surface area (Å²) < 4.78 is 22.6. The van der Waals surface area contributed by atoms with Crippen molar-refractivity contribution < 1.29 is 18.9 Å². The molecule has 0 amide bonds. The van der Waals surface area contributed by atoms with E-state index in [-0.39, 0.29) is 6.10 Å². The molecule has 0 unspecified atom stereocenters. The molecule has 0 bridgehead atoms. The van der Waals surface area contributed by atoms with Crippen LogP contribution in [0.2, 0.25) is 0 Å². The van der Waals surface area contributed by atoms with Crippen molar-refractivity contribution in [2.24, 2.45) is 0 Å². The first kappa shape index (κ1) is 25.1. The smallest absolute Gasteiger partial charge is 0.169 e. The van der Waals surface area contributed by atoms with Gasteiger partial charge in [-0.3, -0.25) is 0 Å². The standard InChI is InChI=1S/C26H36N2O4S/c1-4-30-24-13-10-20(17-25(24)31-5-2)14-15-27-26(33)28(19-23-7-6-16-32-23)18-21-8-11-22(29-3)12-9-21/h8-13,17,23H,4-7,14-16,18-19H2,1-3H3,(H,27,33)/t23-/m1/s1. The van der Waals surface area contributed by atoms with Gasteiger partial charge in [0, 0.05) is 26.2 Å². The van der Waals surface area contributed by atoms with Gasteiger partial charge >= 0.3 is 0 Å². The van der Waals surface area contributed by atoms with Crippen LogP contribution in [0.3, 0.4) is 0 Å². The van der Waals surface area contributed by atoms with Gasteiger partial charge in [0.25, 0.3) is 0 Å². The molecular weight excluding hydrogens is 436 g/mol. The molecule has 7 heteroatoms. The van der Waals surface area contributed by atoms with Crippen LogP contribution in [0.1, 0.15) is 37.8 Å². The molecule has 3 rings (SSSR count). The SMILES string of the molecule is CCOc1ccc(CCNC(=S)N(Cc2ccc(OC)cc2)C[C@H]2CCCO2)cc1OCC. The second-order valence-electron chi connectivity index (χ2n) is 7.99. The van der Waals surface area contributed by atoms with E-state index in [1.54, 1.807) is 7.11 Å². The summed E-state index contributed by atoms with van der Waals surface area (Å²) in [6.45, 7) is 8.27. The Balaban J connectivity index is 1.59. The summed E-state index contributed by atoms with van der Waals surface area (Å²) in [6.07, 6.45) is 3.25. The van der Waals surface area contributed by atoms with Gasteiger partial charge in [-0.2, -0.15) is 0 Å². The van der Waals surface area contributed by atoms with Crippen LogP contribution < -0.4 is 19.5 Å². The lowest BCUT2D eigenvalue weighted by Gasteiger charge is -2.28. The fraction of sp³-hybridized carbons (Fsp3) is 0.500. The molecular formula is C26H36N2O4S. The molecule has 0 spiro atoms. The number of hydrogen-bond acceptors (Lipinski definition) is 5. The number of benzene rings is 2. The molecule has 6 nitrogen and oxygen atoms in total. The maximum Gasteiger partial charge on any atom is 0.169 e. The van der Waals surface area contributed by atoms with Crippen LogP contribution in [-0.4, -0.2) is 56.1 Å². The lowest BCUT2D eigenvalue weighted by atomic mass is 10.1. The fourth-order valence-electron chi connectivity index (χ4n) is 3.88. The van der Waals surface area contributed by atoms with Crippen LogP contribution in [0.15, 0.2) is 42.5 Å². The van der Waals surface area contributed by atoms with E-state index in [0.717, 1.165) is 67.9 Å². The second-order valence-corrected chi connectivity index (χ2v) is 8.38. The molecule has 2 aromatic rings. The summed E-state index contributed by atoms with van der Waals surface area (Å²) in [7, 11) is 1.68. The van der Waals surface area contributed by atoms with Crippen molar-refractivity contribution in [2.45, 2.75) is 45.8 Å². The second kappa shape index (κ2) is 13.3. The first-order valence-electron chi connectivity index (χ1n) is 11.8. The van der Waals surface area contributed by atoms with Gasteiger partial charge in [-0.05, 0) is 80.7 Å². The zero-order chi connectivity index (χ0) is 23.5. The van der Waals surface area contributed by atoms with Crippen molar-refractivity contribution >= 4 is 17.3 Å². The first-order valence-corrected chi connectivity index (χ1v) is 12.2. The maximum atomic E-state index is 5.87. The lowest BCUT2D eigenvalue weighted by molar-refractivity contribution is 0.0897. The fourth-order valence-corrected chi connectivity index (χ4v) is 4.12. The molecule has 0 aliphatic carbocycles. The van der Waals surface area contributed by atoms with Gasteiger partial charge in [0.15, 0.2) is 16.6 Å². The van der Waals surface area contributed by atoms with Gasteiger partial charge < -0.3 is 29.2 Å². The molecule has 180 valence electrons. The number of ether oxygens (including phenoxy) is 4. The third kappa shape index (κ3) is 7.79. The quantitative estimate of drug-likeness (QED) is 0.454. The normalized spacial score (nSPS) is 15.2. The Kier molecular flexibility index (Phi) is 10.1. The van der Waals surface area contributed by atoms with E-state index in [9.17, 15) is 0 Å². The average Bonchev–Trinajstić information content (AvgIpc) is 3.34. The van der Waals surface area contributed by atoms with Gasteiger partial charge in [-0.15, -0.1) is 0 Å².